The number of hydrogen-bond acceptors (Lipinski definition) is 4. The average Bonchev–Trinajstić information content (AvgIpc) is 3.12. The van der Waals surface area contributed by atoms with Gasteiger partial charge in [0.25, 0.3) is 5.91 Å². The minimum atomic E-state index is -1.05. The molecule has 0 saturated carbocycles. The van der Waals surface area contributed by atoms with Crippen LogP contribution in [0.2, 0.25) is 0 Å². The minimum Gasteiger partial charge on any atom is -0.481 e. The van der Waals surface area contributed by atoms with Crippen molar-refractivity contribution in [2.24, 2.45) is 5.41 Å². The van der Waals surface area contributed by atoms with Crippen LogP contribution in [-0.2, 0) is 9.53 Å². The van der Waals surface area contributed by atoms with Crippen LogP contribution in [0.3, 0.4) is 0 Å². The third-order valence-corrected chi connectivity index (χ3v) is 4.89. The molecule has 1 aliphatic heterocycles. The summed E-state index contributed by atoms with van der Waals surface area (Å²) in [6, 6.07) is 9.59. The number of ether oxygens (including phenoxy) is 1. The number of hydrogen-bond donors (Lipinski definition) is 2. The van der Waals surface area contributed by atoms with E-state index in [0.717, 1.165) is 11.1 Å². The molecule has 0 aliphatic carbocycles. The number of benzene rings is 1. The Balaban J connectivity index is 1.79. The van der Waals surface area contributed by atoms with Gasteiger partial charge in [0, 0.05) is 25.8 Å². The second kappa shape index (κ2) is 7.29. The molecule has 1 aromatic heterocycles. The number of nitrogens with zero attached hydrogens (tertiary/aromatic N) is 2. The summed E-state index contributed by atoms with van der Waals surface area (Å²) < 4.78 is 5.11. The Kier molecular flexibility index (Phi) is 5.08. The van der Waals surface area contributed by atoms with Gasteiger partial charge in [-0.05, 0) is 25.8 Å². The molecule has 1 saturated heterocycles. The maximum atomic E-state index is 12.8. The molecule has 1 fully saturated rings. The van der Waals surface area contributed by atoms with E-state index in [2.05, 4.69) is 10.2 Å². The fourth-order valence-electron chi connectivity index (χ4n) is 3.41. The van der Waals surface area contributed by atoms with Crippen molar-refractivity contribution in [2.45, 2.75) is 19.8 Å². The average molecular weight is 357 g/mol. The number of aryl methyl sites for hydroxylation is 1. The van der Waals surface area contributed by atoms with Crippen molar-refractivity contribution in [2.75, 3.05) is 26.8 Å². The zero-order valence-electron chi connectivity index (χ0n) is 15.0. The van der Waals surface area contributed by atoms with Crippen molar-refractivity contribution in [1.82, 2.24) is 15.1 Å². The topological polar surface area (TPSA) is 95.5 Å². The number of H-pyrrole nitrogens is 1. The highest BCUT2D eigenvalue weighted by Gasteiger charge is 2.44. The van der Waals surface area contributed by atoms with Crippen LogP contribution in [0.15, 0.2) is 30.3 Å². The van der Waals surface area contributed by atoms with Crippen molar-refractivity contribution >= 4 is 11.9 Å². The van der Waals surface area contributed by atoms with Crippen LogP contribution in [0.4, 0.5) is 0 Å². The van der Waals surface area contributed by atoms with E-state index in [4.69, 9.17) is 4.74 Å². The minimum absolute atomic E-state index is 0.0870. The summed E-state index contributed by atoms with van der Waals surface area (Å²) >= 11 is 0. The number of carbonyl (C=O) groups excluding carboxylic acids is 1. The van der Waals surface area contributed by atoms with Gasteiger partial charge in [0.1, 0.15) is 11.1 Å². The number of carboxylic acids is 1. The largest absolute Gasteiger partial charge is 0.481 e. The summed E-state index contributed by atoms with van der Waals surface area (Å²) in [7, 11) is 1.48. The summed E-state index contributed by atoms with van der Waals surface area (Å²) in [4.78, 5) is 26.2. The number of likely N-dealkylation sites (tertiary alicyclic amines) is 1. The van der Waals surface area contributed by atoms with Crippen LogP contribution >= 0.6 is 0 Å². The van der Waals surface area contributed by atoms with Crippen molar-refractivity contribution in [3.63, 3.8) is 0 Å². The van der Waals surface area contributed by atoms with Crippen molar-refractivity contribution in [1.29, 1.82) is 0 Å². The highest BCUT2D eigenvalue weighted by molar-refractivity contribution is 5.94. The number of aromatic nitrogens is 2. The predicted octanol–water partition coefficient (Wildman–Crippen LogP) is 2.34. The zero-order chi connectivity index (χ0) is 18.7. The van der Waals surface area contributed by atoms with E-state index in [9.17, 15) is 14.7 Å². The first-order valence-electron chi connectivity index (χ1n) is 8.59. The Morgan fingerprint density at radius 2 is 2.08 bits per heavy atom. The number of aliphatic carboxylic acids is 1. The Bertz CT molecular complexity index is 795. The smallest absolute Gasteiger partial charge is 0.313 e. The van der Waals surface area contributed by atoms with E-state index in [-0.39, 0.29) is 19.1 Å². The molecule has 0 spiro atoms. The highest BCUT2D eigenvalue weighted by Crippen LogP contribution is 2.31. The standard InChI is InChI=1S/C19H23N3O4/c1-13-4-6-14(7-5-13)15-10-16(21-20-15)17(23)22-9-3-8-19(11-22,12-26-2)18(24)25/h4-7,10H,3,8-9,11-12H2,1-2H3,(H,20,21)(H,24,25). The number of piperidine rings is 1. The molecular weight excluding hydrogens is 334 g/mol. The second-order valence-corrected chi connectivity index (χ2v) is 6.88. The van der Waals surface area contributed by atoms with Gasteiger partial charge in [-0.25, -0.2) is 0 Å². The molecule has 2 aromatic rings. The summed E-state index contributed by atoms with van der Waals surface area (Å²) in [5, 5.41) is 16.6. The number of rotatable bonds is 5. The molecule has 7 heteroatoms. The molecule has 26 heavy (non-hydrogen) atoms. The van der Waals surface area contributed by atoms with Crippen molar-refractivity contribution in [3.8, 4) is 11.3 Å². The van der Waals surface area contributed by atoms with Gasteiger partial charge in [-0.1, -0.05) is 29.8 Å². The Morgan fingerprint density at radius 1 is 1.35 bits per heavy atom. The van der Waals surface area contributed by atoms with Gasteiger partial charge in [0.15, 0.2) is 0 Å². The lowest BCUT2D eigenvalue weighted by Gasteiger charge is -2.39. The number of amides is 1. The number of aromatic amines is 1. The number of methoxy groups -OCH3 is 1. The molecule has 2 N–H and O–H groups in total. The fourth-order valence-corrected chi connectivity index (χ4v) is 3.41. The van der Waals surface area contributed by atoms with Crippen LogP contribution in [-0.4, -0.2) is 58.9 Å². The SMILES string of the molecule is COCC1(C(=O)O)CCCN(C(=O)c2cc(-c3ccc(C)cc3)n[nH]2)C1. The molecule has 1 amide bonds. The summed E-state index contributed by atoms with van der Waals surface area (Å²) in [6.45, 7) is 2.75. The Morgan fingerprint density at radius 3 is 2.73 bits per heavy atom. The first kappa shape index (κ1) is 18.1. The third kappa shape index (κ3) is 3.48. The quantitative estimate of drug-likeness (QED) is 0.856. The molecule has 0 radical (unpaired) electrons. The van der Waals surface area contributed by atoms with E-state index >= 15 is 0 Å². The monoisotopic (exact) mass is 357 g/mol. The molecule has 2 heterocycles. The van der Waals surface area contributed by atoms with Gasteiger partial charge in [-0.3, -0.25) is 14.7 Å². The third-order valence-electron chi connectivity index (χ3n) is 4.89. The molecule has 0 bridgehead atoms. The normalized spacial score (nSPS) is 20.2. The van der Waals surface area contributed by atoms with Gasteiger partial charge < -0.3 is 14.7 Å². The van der Waals surface area contributed by atoms with E-state index < -0.39 is 11.4 Å². The number of carboxylic acid groups (broad SMARTS) is 1. The molecule has 3 rings (SSSR count). The van der Waals surface area contributed by atoms with Gasteiger partial charge in [0.2, 0.25) is 0 Å². The maximum Gasteiger partial charge on any atom is 0.313 e. The van der Waals surface area contributed by atoms with E-state index in [1.165, 1.54) is 7.11 Å². The summed E-state index contributed by atoms with van der Waals surface area (Å²) in [6.07, 6.45) is 1.12. The first-order valence-corrected chi connectivity index (χ1v) is 8.59. The second-order valence-electron chi connectivity index (χ2n) is 6.88. The predicted molar refractivity (Wildman–Crippen MR) is 95.8 cm³/mol. The van der Waals surface area contributed by atoms with Gasteiger partial charge >= 0.3 is 5.97 Å². The lowest BCUT2D eigenvalue weighted by Crippen LogP contribution is -2.52. The molecule has 1 aliphatic rings. The highest BCUT2D eigenvalue weighted by atomic mass is 16.5. The molecule has 7 nitrogen and oxygen atoms in total. The molecule has 1 atom stereocenters. The van der Waals surface area contributed by atoms with E-state index in [1.54, 1.807) is 11.0 Å². The number of nitrogens with one attached hydrogen (secondary N) is 1. The fraction of sp³-hybridized carbons (Fsp3) is 0.421. The maximum absolute atomic E-state index is 12.8. The van der Waals surface area contributed by atoms with Crippen LogP contribution in [0, 0.1) is 12.3 Å². The molecular formula is C19H23N3O4. The van der Waals surface area contributed by atoms with Crippen LogP contribution in [0.25, 0.3) is 11.3 Å². The van der Waals surface area contributed by atoms with Gasteiger partial charge in [-0.2, -0.15) is 5.10 Å². The lowest BCUT2D eigenvalue weighted by molar-refractivity contribution is -0.155. The van der Waals surface area contributed by atoms with E-state index in [0.29, 0.717) is 30.8 Å². The van der Waals surface area contributed by atoms with Crippen LogP contribution in [0.1, 0.15) is 28.9 Å². The van der Waals surface area contributed by atoms with Crippen LogP contribution < -0.4 is 0 Å². The molecule has 1 unspecified atom stereocenters. The van der Waals surface area contributed by atoms with Crippen molar-refractivity contribution < 1.29 is 19.4 Å². The zero-order valence-corrected chi connectivity index (χ0v) is 15.0. The Labute approximate surface area is 152 Å². The summed E-state index contributed by atoms with van der Waals surface area (Å²) in [5.41, 5.74) is 2.06. The molecule has 1 aromatic carbocycles. The van der Waals surface area contributed by atoms with Gasteiger partial charge in [0.05, 0.1) is 12.3 Å². The van der Waals surface area contributed by atoms with E-state index in [1.807, 2.05) is 31.2 Å². The first-order chi connectivity index (χ1) is 12.4. The lowest BCUT2D eigenvalue weighted by atomic mass is 9.80. The van der Waals surface area contributed by atoms with Crippen molar-refractivity contribution in [3.05, 3.63) is 41.6 Å². The molecule has 138 valence electrons. The summed E-state index contributed by atoms with van der Waals surface area (Å²) in [5.74, 6) is -1.17. The van der Waals surface area contributed by atoms with Crippen LogP contribution in [0.5, 0.6) is 0 Å². The Hall–Kier alpha value is -2.67. The van der Waals surface area contributed by atoms with Gasteiger partial charge in [-0.15, -0.1) is 0 Å². The number of carbonyl (C=O) groups is 2.